The zero-order chi connectivity index (χ0) is 15.7. The van der Waals surface area contributed by atoms with Gasteiger partial charge in [0, 0.05) is 0 Å². The third-order valence-corrected chi connectivity index (χ3v) is 11.5. The second-order valence-electron chi connectivity index (χ2n) is 4.36. The average molecular weight is 340 g/mol. The van der Waals surface area contributed by atoms with Gasteiger partial charge in [0.05, 0.1) is 0 Å². The minimum absolute atomic E-state index is 0.127. The van der Waals surface area contributed by atoms with Crippen LogP contribution in [-0.2, 0) is 13.7 Å². The summed E-state index contributed by atoms with van der Waals surface area (Å²) in [6.45, 7) is 2.74. The van der Waals surface area contributed by atoms with E-state index in [0.29, 0.717) is 12.8 Å². The Kier molecular flexibility index (Phi) is 6.20. The summed E-state index contributed by atoms with van der Waals surface area (Å²) in [4.78, 5) is 55.2. The van der Waals surface area contributed by atoms with Gasteiger partial charge in [0.1, 0.15) is 0 Å². The van der Waals surface area contributed by atoms with Gasteiger partial charge in [-0.15, -0.1) is 0 Å². The largest absolute Gasteiger partial charge is 0.356 e. The molecular formula is C7H19O9P3. The predicted molar refractivity (Wildman–Crippen MR) is 67.6 cm³/mol. The predicted octanol–water partition coefficient (Wildman–Crippen LogP) is 1.000. The van der Waals surface area contributed by atoms with Gasteiger partial charge in [-0.2, -0.15) is 0 Å². The second-order valence-corrected chi connectivity index (χ2v) is 10.8. The van der Waals surface area contributed by atoms with Gasteiger partial charge in [0.2, 0.25) is 0 Å². The average Bonchev–Trinajstić information content (AvgIpc) is 2.07. The van der Waals surface area contributed by atoms with E-state index in [-0.39, 0.29) is 6.42 Å². The molecule has 9 nitrogen and oxygen atoms in total. The lowest BCUT2D eigenvalue weighted by Gasteiger charge is -2.39. The summed E-state index contributed by atoms with van der Waals surface area (Å²) in [6.07, 6.45) is 0.741. The molecule has 0 fully saturated rings. The topological polar surface area (TPSA) is 173 Å². The highest BCUT2D eigenvalue weighted by molar-refractivity contribution is 7.88. The van der Waals surface area contributed by atoms with E-state index in [1.807, 2.05) is 0 Å². The minimum Gasteiger partial charge on any atom is -0.323 e. The van der Waals surface area contributed by atoms with Crippen LogP contribution in [0.15, 0.2) is 0 Å². The zero-order valence-corrected chi connectivity index (χ0v) is 13.1. The lowest BCUT2D eigenvalue weighted by atomic mass is 10.1. The Morgan fingerprint density at radius 2 is 1.21 bits per heavy atom. The molecule has 12 heteroatoms. The Hall–Kier alpha value is 0.450. The normalized spacial score (nSPS) is 16.4. The molecule has 116 valence electrons. The highest BCUT2D eigenvalue weighted by Crippen LogP contribution is 2.85. The maximum Gasteiger partial charge on any atom is 0.356 e. The third-order valence-electron chi connectivity index (χ3n) is 2.94. The van der Waals surface area contributed by atoms with Crippen molar-refractivity contribution in [3.05, 3.63) is 0 Å². The van der Waals surface area contributed by atoms with E-state index in [4.69, 9.17) is 0 Å². The van der Waals surface area contributed by atoms with Crippen molar-refractivity contribution >= 4 is 22.8 Å². The van der Waals surface area contributed by atoms with Crippen molar-refractivity contribution < 1.29 is 43.1 Å². The molecular weight excluding hydrogens is 321 g/mol. The Morgan fingerprint density at radius 1 is 0.895 bits per heavy atom. The van der Waals surface area contributed by atoms with E-state index in [2.05, 4.69) is 0 Å². The van der Waals surface area contributed by atoms with E-state index >= 15 is 0 Å². The molecule has 19 heavy (non-hydrogen) atoms. The summed E-state index contributed by atoms with van der Waals surface area (Å²) in [5.74, 6) is -1.55. The summed E-state index contributed by atoms with van der Waals surface area (Å²) < 4.78 is 30.7. The molecule has 0 heterocycles. The van der Waals surface area contributed by atoms with Crippen molar-refractivity contribution in [3.8, 4) is 0 Å². The Labute approximate surface area is 110 Å². The molecule has 0 amide bonds. The fourth-order valence-corrected chi connectivity index (χ4v) is 8.26. The van der Waals surface area contributed by atoms with E-state index < -0.39 is 33.3 Å². The molecule has 0 aliphatic carbocycles. The monoisotopic (exact) mass is 340 g/mol. The Morgan fingerprint density at radius 3 is 1.42 bits per heavy atom. The third kappa shape index (κ3) is 3.56. The van der Waals surface area contributed by atoms with Crippen LogP contribution in [0, 0.1) is 5.92 Å². The maximum absolute atomic E-state index is 11.5. The smallest absolute Gasteiger partial charge is 0.323 e. The van der Waals surface area contributed by atoms with Crippen LogP contribution in [0.4, 0.5) is 0 Å². The van der Waals surface area contributed by atoms with Gasteiger partial charge in [-0.25, -0.2) is 0 Å². The molecule has 0 spiro atoms. The van der Waals surface area contributed by atoms with Crippen LogP contribution >= 0.6 is 22.8 Å². The molecule has 0 aromatic carbocycles. The molecule has 0 bridgehead atoms. The number of rotatable bonds is 7. The van der Waals surface area contributed by atoms with Crippen molar-refractivity contribution in [2.45, 2.75) is 37.7 Å². The highest BCUT2D eigenvalue weighted by Gasteiger charge is 2.73. The first-order valence-corrected chi connectivity index (χ1v) is 10.2. The van der Waals surface area contributed by atoms with Crippen LogP contribution in [0.1, 0.15) is 33.1 Å². The van der Waals surface area contributed by atoms with E-state index in [1.54, 1.807) is 6.92 Å². The number of unbranched alkanes of at least 4 members (excludes halogenated alkanes) is 1. The van der Waals surface area contributed by atoms with Crippen molar-refractivity contribution in [1.29, 1.82) is 0 Å². The molecule has 0 aromatic rings. The van der Waals surface area contributed by atoms with E-state index in [1.165, 1.54) is 0 Å². The summed E-state index contributed by atoms with van der Waals surface area (Å²) in [6, 6.07) is 0. The van der Waals surface area contributed by atoms with Crippen LogP contribution in [0.3, 0.4) is 0 Å². The quantitative estimate of drug-likeness (QED) is 0.369. The summed E-state index contributed by atoms with van der Waals surface area (Å²) in [7, 11) is -17.3. The second kappa shape index (κ2) is 6.06. The van der Waals surface area contributed by atoms with Gasteiger partial charge in [-0.1, -0.05) is 26.7 Å². The molecule has 1 atom stereocenters. The molecule has 0 aliphatic heterocycles. The standard InChI is InChI=1S/C7H19O9P3/c1-3-4-5-6(2)7(17(8,9)10,18(11,12)13)19(14,15)16/h6H,3-5H2,1-2H3,(H2,8,9,10)(H2,11,12,13)(H2,14,15,16). The summed E-state index contributed by atoms with van der Waals surface area (Å²) >= 11 is 0. The first-order valence-electron chi connectivity index (χ1n) is 5.40. The lowest BCUT2D eigenvalue weighted by molar-refractivity contribution is 0.269. The molecule has 0 saturated carbocycles. The van der Waals surface area contributed by atoms with Crippen LogP contribution in [0.2, 0.25) is 0 Å². The Bertz CT molecular complexity index is 388. The van der Waals surface area contributed by atoms with Gasteiger partial charge < -0.3 is 29.4 Å². The van der Waals surface area contributed by atoms with Crippen molar-refractivity contribution in [2.75, 3.05) is 0 Å². The fraction of sp³-hybridized carbons (Fsp3) is 1.00. The van der Waals surface area contributed by atoms with Crippen LogP contribution in [0.25, 0.3) is 0 Å². The molecule has 0 radical (unpaired) electrons. The van der Waals surface area contributed by atoms with E-state index in [0.717, 1.165) is 6.92 Å². The first kappa shape index (κ1) is 19.4. The molecule has 0 aliphatic rings. The van der Waals surface area contributed by atoms with Gasteiger partial charge in [0.15, 0.2) is 0 Å². The number of hydrogen-bond acceptors (Lipinski definition) is 3. The first-order chi connectivity index (χ1) is 8.23. The SMILES string of the molecule is CCCCC(C)C(P(=O)(O)O)(P(=O)(O)O)P(=O)(O)O. The van der Waals surface area contributed by atoms with Gasteiger partial charge in [-0.05, 0) is 12.3 Å². The highest BCUT2D eigenvalue weighted by atomic mass is 31.3. The van der Waals surface area contributed by atoms with Crippen molar-refractivity contribution in [3.63, 3.8) is 0 Å². The van der Waals surface area contributed by atoms with Crippen molar-refractivity contribution in [1.82, 2.24) is 0 Å². The molecule has 1 unspecified atom stereocenters. The lowest BCUT2D eigenvalue weighted by Crippen LogP contribution is -2.36. The van der Waals surface area contributed by atoms with Crippen LogP contribution in [-0.4, -0.2) is 34.0 Å². The van der Waals surface area contributed by atoms with Crippen molar-refractivity contribution in [2.24, 2.45) is 5.92 Å². The van der Waals surface area contributed by atoms with Gasteiger partial charge in [0.25, 0.3) is 4.64 Å². The maximum atomic E-state index is 11.5. The molecule has 0 rings (SSSR count). The van der Waals surface area contributed by atoms with Gasteiger partial charge in [-0.3, -0.25) is 13.7 Å². The molecule has 0 aromatic heterocycles. The van der Waals surface area contributed by atoms with Gasteiger partial charge >= 0.3 is 22.8 Å². The molecule has 0 saturated heterocycles. The number of hydrogen-bond donors (Lipinski definition) is 6. The van der Waals surface area contributed by atoms with Crippen LogP contribution < -0.4 is 0 Å². The minimum atomic E-state index is -5.77. The summed E-state index contributed by atoms with van der Waals surface area (Å²) in [5.41, 5.74) is 0. The van der Waals surface area contributed by atoms with Crippen LogP contribution in [0.5, 0.6) is 0 Å². The fourth-order valence-electron chi connectivity index (χ4n) is 2.07. The summed E-state index contributed by atoms with van der Waals surface area (Å²) in [5, 5.41) is 0. The van der Waals surface area contributed by atoms with E-state index in [9.17, 15) is 43.1 Å². The Balaban J connectivity index is 6.20. The zero-order valence-electron chi connectivity index (χ0n) is 10.4. The molecule has 6 N–H and O–H groups in total.